The third-order valence-corrected chi connectivity index (χ3v) is 9.62. The zero-order valence-electron chi connectivity index (χ0n) is 23.8. The zero-order valence-corrected chi connectivity index (χ0v) is 24.6. The molecule has 1 amide bonds. The van der Waals surface area contributed by atoms with E-state index in [1.54, 1.807) is 6.07 Å². The van der Waals surface area contributed by atoms with E-state index < -0.39 is 52.7 Å². The summed E-state index contributed by atoms with van der Waals surface area (Å²) in [5.74, 6) is -7.21. The second-order valence-corrected chi connectivity index (χ2v) is 12.4. The molecule has 3 aromatic rings. The van der Waals surface area contributed by atoms with E-state index in [2.05, 4.69) is 5.32 Å². The second-order valence-electron chi connectivity index (χ2n) is 12.0. The summed E-state index contributed by atoms with van der Waals surface area (Å²) in [7, 11) is 0. The van der Waals surface area contributed by atoms with Gasteiger partial charge in [-0.15, -0.1) is 0 Å². The maximum Gasteiger partial charge on any atom is 0.230 e. The van der Waals surface area contributed by atoms with Crippen LogP contribution in [0.4, 0.5) is 0 Å². The number of primary amides is 1. The largest absolute Gasteiger partial charge is 0.508 e. The molecule has 10 heteroatoms. The number of nitrogens with two attached hydrogens (primary N) is 1. The predicted molar refractivity (Wildman–Crippen MR) is 163 cm³/mol. The predicted octanol–water partition coefficient (Wildman–Crippen LogP) is 3.40. The van der Waals surface area contributed by atoms with Gasteiger partial charge in [0.1, 0.15) is 17.4 Å². The first-order valence-electron chi connectivity index (χ1n) is 14.6. The fraction of sp³-hybridized carbons (Fsp3) is 0.324. The lowest BCUT2D eigenvalue weighted by molar-refractivity contribution is -0.167. The van der Waals surface area contributed by atoms with Crippen molar-refractivity contribution in [2.75, 3.05) is 6.54 Å². The molecule has 3 aliphatic carbocycles. The molecule has 0 aliphatic heterocycles. The van der Waals surface area contributed by atoms with Crippen LogP contribution in [0.2, 0.25) is 5.02 Å². The van der Waals surface area contributed by atoms with Gasteiger partial charge in [0, 0.05) is 23.1 Å². The van der Waals surface area contributed by atoms with Crippen molar-refractivity contribution in [1.82, 2.24) is 5.32 Å². The van der Waals surface area contributed by atoms with Crippen LogP contribution in [0.15, 0.2) is 72.0 Å². The van der Waals surface area contributed by atoms with Crippen molar-refractivity contribution >= 4 is 29.1 Å². The number of aromatic hydroxyl groups is 1. The van der Waals surface area contributed by atoms with Gasteiger partial charge >= 0.3 is 0 Å². The summed E-state index contributed by atoms with van der Waals surface area (Å²) in [5, 5.41) is 48.1. The summed E-state index contributed by atoms with van der Waals surface area (Å²) in [6, 6.07) is 18.8. The number of hydrogen-bond donors (Lipinski definition) is 6. The highest BCUT2D eigenvalue weighted by atomic mass is 35.5. The molecule has 0 aromatic heterocycles. The third kappa shape index (κ3) is 4.99. The summed E-state index contributed by atoms with van der Waals surface area (Å²) in [5.41, 5.74) is 7.11. The second kappa shape index (κ2) is 11.5. The molecule has 1 fully saturated rings. The van der Waals surface area contributed by atoms with Gasteiger partial charge in [0.2, 0.25) is 5.91 Å². The number of phenolic OH excluding ortho intramolecular Hbond substituents is 1. The number of carbonyl (C=O) groups is 3. The quantitative estimate of drug-likeness (QED) is 0.173. The highest BCUT2D eigenvalue weighted by Gasteiger charge is 2.62. The van der Waals surface area contributed by atoms with Gasteiger partial charge in [-0.05, 0) is 84.2 Å². The zero-order chi connectivity index (χ0) is 31.3. The Morgan fingerprint density at radius 2 is 1.66 bits per heavy atom. The van der Waals surface area contributed by atoms with E-state index >= 15 is 0 Å². The average molecular weight is 617 g/mol. The first-order valence-corrected chi connectivity index (χ1v) is 15.0. The molecule has 228 valence electrons. The number of rotatable bonds is 7. The molecular weight excluding hydrogens is 584 g/mol. The summed E-state index contributed by atoms with van der Waals surface area (Å²) in [4.78, 5) is 38.9. The average Bonchev–Trinajstić information content (AvgIpc) is 2.98. The topological polar surface area (TPSA) is 170 Å². The lowest BCUT2D eigenvalue weighted by Crippen LogP contribution is -2.63. The molecule has 0 saturated heterocycles. The van der Waals surface area contributed by atoms with Gasteiger partial charge in [0.15, 0.2) is 17.2 Å². The maximum atomic E-state index is 13.8. The minimum absolute atomic E-state index is 0.00466. The fourth-order valence-electron chi connectivity index (χ4n) is 7.12. The van der Waals surface area contributed by atoms with Gasteiger partial charge < -0.3 is 31.5 Å². The number of Topliss-reactive ketones (excluding diaryl/α,β-unsaturated/α-hetero) is 2. The van der Waals surface area contributed by atoms with E-state index in [1.165, 1.54) is 11.6 Å². The van der Waals surface area contributed by atoms with Gasteiger partial charge in [-0.3, -0.25) is 14.4 Å². The lowest BCUT2D eigenvalue weighted by Gasteiger charge is -2.48. The van der Waals surface area contributed by atoms with Gasteiger partial charge in [0.05, 0.1) is 11.7 Å². The number of fused-ring (bicyclic) bond motifs is 3. The molecular formula is C34H33ClN2O7. The number of phenols is 1. The van der Waals surface area contributed by atoms with Crippen LogP contribution >= 0.6 is 11.6 Å². The number of aliphatic hydroxyl groups is 3. The molecule has 1 saturated carbocycles. The highest BCUT2D eigenvalue weighted by molar-refractivity contribution is 6.30. The molecule has 0 radical (unpaired) electrons. The number of hydrogen-bond acceptors (Lipinski definition) is 8. The molecule has 44 heavy (non-hydrogen) atoms. The molecule has 6 rings (SSSR count). The number of benzene rings is 3. The number of aliphatic hydroxyl groups excluding tert-OH is 2. The van der Waals surface area contributed by atoms with Gasteiger partial charge in [-0.25, -0.2) is 0 Å². The minimum atomic E-state index is -2.52. The van der Waals surface area contributed by atoms with Crippen molar-refractivity contribution in [2.45, 2.75) is 43.9 Å². The van der Waals surface area contributed by atoms with E-state index in [9.17, 15) is 34.8 Å². The van der Waals surface area contributed by atoms with E-state index in [1.807, 2.05) is 48.5 Å². The first-order chi connectivity index (χ1) is 21.0. The van der Waals surface area contributed by atoms with Gasteiger partial charge in [0.25, 0.3) is 0 Å². The first kappa shape index (κ1) is 30.0. The van der Waals surface area contributed by atoms with Crippen LogP contribution in [-0.4, -0.2) is 56.1 Å². The molecule has 9 nitrogen and oxygen atoms in total. The van der Waals surface area contributed by atoms with Crippen molar-refractivity contribution in [3.63, 3.8) is 0 Å². The molecule has 0 bridgehead atoms. The number of amides is 1. The number of nitrogens with one attached hydrogen (secondary N) is 1. The molecule has 0 spiro atoms. The smallest absolute Gasteiger partial charge is 0.230 e. The van der Waals surface area contributed by atoms with Crippen LogP contribution in [0.5, 0.6) is 5.75 Å². The number of carbonyl (C=O) groups excluding carboxylic acids is 3. The molecule has 0 heterocycles. The van der Waals surface area contributed by atoms with E-state index in [-0.39, 0.29) is 36.1 Å². The summed E-state index contributed by atoms with van der Waals surface area (Å²) in [6.07, 6.45) is -0.310. The Morgan fingerprint density at radius 1 is 0.977 bits per heavy atom. The Bertz CT molecular complexity index is 1680. The standard InChI is InChI=1S/C34H33ClN2O7/c35-22-7-3-17(4-8-22)11-12-37-16-18-1-5-19(6-2-18)23-9-10-25(38)28-24(23)14-20-13-21-15-26(39)29(33(36)43)32(42)34(21,44)31(41)27(20)30(28)40/h1-10,20-21,26,29,37-39,41,44H,11-16H2,(H2,36,43)/t20-,21+,26?,29?,34+/m1/s1. The van der Waals surface area contributed by atoms with Crippen molar-refractivity contribution in [1.29, 1.82) is 0 Å². The summed E-state index contributed by atoms with van der Waals surface area (Å²) in [6.45, 7) is 1.46. The maximum absolute atomic E-state index is 13.8. The molecule has 3 aromatic carbocycles. The van der Waals surface area contributed by atoms with Crippen LogP contribution in [-0.2, 0) is 29.0 Å². The monoisotopic (exact) mass is 616 g/mol. The van der Waals surface area contributed by atoms with Crippen LogP contribution in [0.3, 0.4) is 0 Å². The van der Waals surface area contributed by atoms with Gasteiger partial charge in [-0.2, -0.15) is 0 Å². The molecule has 7 N–H and O–H groups in total. The Balaban J connectivity index is 1.25. The van der Waals surface area contributed by atoms with Crippen molar-refractivity contribution in [3.8, 4) is 16.9 Å². The van der Waals surface area contributed by atoms with E-state index in [4.69, 9.17) is 17.3 Å². The number of halogens is 1. The normalized spacial score (nSPS) is 26.2. The van der Waals surface area contributed by atoms with Crippen molar-refractivity contribution in [2.24, 2.45) is 23.5 Å². The van der Waals surface area contributed by atoms with Crippen LogP contribution in [0.25, 0.3) is 11.1 Å². The third-order valence-electron chi connectivity index (χ3n) is 9.37. The Labute approximate surface area is 259 Å². The molecule has 2 unspecified atom stereocenters. The van der Waals surface area contributed by atoms with E-state index in [0.29, 0.717) is 17.1 Å². The Hall–Kier alpha value is -4.02. The van der Waals surface area contributed by atoms with E-state index in [0.717, 1.165) is 29.7 Å². The highest BCUT2D eigenvalue weighted by Crippen LogP contribution is 2.52. The summed E-state index contributed by atoms with van der Waals surface area (Å²) >= 11 is 5.95. The van der Waals surface area contributed by atoms with Crippen LogP contribution in [0, 0.1) is 17.8 Å². The minimum Gasteiger partial charge on any atom is -0.508 e. The van der Waals surface area contributed by atoms with Gasteiger partial charge in [-0.1, -0.05) is 54.1 Å². The molecule has 3 aliphatic rings. The molecule has 5 atom stereocenters. The number of allylic oxidation sites excluding steroid dienone is 1. The number of ketones is 2. The van der Waals surface area contributed by atoms with Crippen LogP contribution in [0.1, 0.15) is 39.9 Å². The lowest BCUT2D eigenvalue weighted by atomic mass is 9.57. The Morgan fingerprint density at radius 3 is 2.34 bits per heavy atom. The fourth-order valence-corrected chi connectivity index (χ4v) is 7.24. The SMILES string of the molecule is NC(=O)C1C(=O)[C@@]2(O)C(O)=C3C(=O)c4c(O)ccc(-c5ccc(CNCCc6ccc(Cl)cc6)cc5)c4C[C@H]3C[C@H]2CC1O. The Kier molecular flexibility index (Phi) is 7.83. The summed E-state index contributed by atoms with van der Waals surface area (Å²) < 4.78 is 0. The van der Waals surface area contributed by atoms with Crippen LogP contribution < -0.4 is 11.1 Å². The van der Waals surface area contributed by atoms with Crippen molar-refractivity contribution in [3.05, 3.63) is 99.3 Å². The van der Waals surface area contributed by atoms with Crippen molar-refractivity contribution < 1.29 is 34.8 Å².